The lowest BCUT2D eigenvalue weighted by Crippen LogP contribution is -2.13. The molecule has 3 rings (SSSR count). The Balaban J connectivity index is 1.89. The van der Waals surface area contributed by atoms with Crippen LogP contribution in [0.5, 0.6) is 0 Å². The Bertz CT molecular complexity index is 881. The summed E-state index contributed by atoms with van der Waals surface area (Å²) in [5.41, 5.74) is -1.08. The fraction of sp³-hybridized carbons (Fsp3) is 0.250. The molecule has 0 aliphatic rings. The van der Waals surface area contributed by atoms with Crippen molar-refractivity contribution in [2.45, 2.75) is 20.6 Å². The molecular formula is C12H8ClF3N6S3. The van der Waals surface area contributed by atoms with Crippen LogP contribution >= 0.6 is 46.5 Å². The second-order valence-corrected chi connectivity index (χ2v) is 8.18. The van der Waals surface area contributed by atoms with E-state index in [1.807, 2.05) is 6.26 Å². The van der Waals surface area contributed by atoms with Crippen molar-refractivity contribution in [1.29, 1.82) is 0 Å². The minimum atomic E-state index is -4.58. The van der Waals surface area contributed by atoms with Crippen LogP contribution in [0.25, 0.3) is 5.69 Å². The first kappa shape index (κ1) is 18.4. The molecule has 2 heterocycles. The number of hydrogen-bond acceptors (Lipinski definition) is 8. The maximum atomic E-state index is 13.3. The Hall–Kier alpha value is -1.37. The summed E-state index contributed by atoms with van der Waals surface area (Å²) in [6, 6.07) is 3.46. The number of halogens is 4. The minimum Gasteiger partial charge on any atom is -0.196 e. The fourth-order valence-electron chi connectivity index (χ4n) is 1.87. The molecular weight excluding hydrogens is 417 g/mol. The van der Waals surface area contributed by atoms with Crippen molar-refractivity contribution in [1.82, 2.24) is 30.4 Å². The number of benzene rings is 1. The Labute approximate surface area is 157 Å². The molecule has 0 unspecified atom stereocenters. The van der Waals surface area contributed by atoms with Crippen LogP contribution in [-0.4, -0.2) is 36.7 Å². The molecule has 0 saturated carbocycles. The predicted octanol–water partition coefficient (Wildman–Crippen LogP) is 4.20. The van der Waals surface area contributed by atoms with Crippen LogP contribution in [0.3, 0.4) is 0 Å². The normalized spacial score (nSPS) is 11.9. The molecule has 0 radical (unpaired) electrons. The largest absolute Gasteiger partial charge is 0.418 e. The van der Waals surface area contributed by atoms with Gasteiger partial charge in [0.05, 0.1) is 17.0 Å². The Morgan fingerprint density at radius 1 is 1.20 bits per heavy atom. The molecule has 1 aromatic carbocycles. The summed E-state index contributed by atoms with van der Waals surface area (Å²) in [5, 5.41) is 18.9. The van der Waals surface area contributed by atoms with Crippen LogP contribution in [0.1, 0.15) is 11.4 Å². The zero-order valence-corrected chi connectivity index (χ0v) is 15.6. The van der Waals surface area contributed by atoms with E-state index in [1.54, 1.807) is 0 Å². The van der Waals surface area contributed by atoms with Crippen molar-refractivity contribution in [3.63, 3.8) is 0 Å². The van der Waals surface area contributed by atoms with Crippen LogP contribution in [-0.2, 0) is 11.9 Å². The maximum absolute atomic E-state index is 13.3. The summed E-state index contributed by atoms with van der Waals surface area (Å²) in [5.74, 6) is 0.509. The average molecular weight is 425 g/mol. The van der Waals surface area contributed by atoms with Gasteiger partial charge >= 0.3 is 6.18 Å². The lowest BCUT2D eigenvalue weighted by molar-refractivity contribution is -0.137. The molecule has 0 N–H and O–H groups in total. The molecule has 0 fully saturated rings. The second kappa shape index (κ2) is 7.48. The SMILES string of the molecule is CSc1nnc(SCc2nnnn2-c2ccc(Cl)cc2C(F)(F)F)s1. The molecule has 0 aliphatic heterocycles. The third kappa shape index (κ3) is 4.25. The van der Waals surface area contributed by atoms with Crippen molar-refractivity contribution in [3.05, 3.63) is 34.6 Å². The van der Waals surface area contributed by atoms with Gasteiger partial charge in [0.15, 0.2) is 14.5 Å². The summed E-state index contributed by atoms with van der Waals surface area (Å²) >= 11 is 9.86. The standard InChI is InChI=1S/C12H8ClF3N6S3/c1-23-10-18-19-11(25-10)24-5-9-17-20-21-22(9)8-3-2-6(13)4-7(8)12(14,15)16/h2-4H,5H2,1H3. The predicted molar refractivity (Wildman–Crippen MR) is 90.4 cm³/mol. The summed E-state index contributed by atoms with van der Waals surface area (Å²) < 4.78 is 42.4. The van der Waals surface area contributed by atoms with E-state index in [9.17, 15) is 13.2 Å². The number of rotatable bonds is 5. The van der Waals surface area contributed by atoms with Crippen molar-refractivity contribution < 1.29 is 13.2 Å². The maximum Gasteiger partial charge on any atom is 0.418 e. The van der Waals surface area contributed by atoms with Crippen LogP contribution in [0, 0.1) is 0 Å². The van der Waals surface area contributed by atoms with Gasteiger partial charge in [-0.1, -0.05) is 46.5 Å². The topological polar surface area (TPSA) is 69.4 Å². The van der Waals surface area contributed by atoms with E-state index < -0.39 is 11.7 Å². The van der Waals surface area contributed by atoms with Gasteiger partial charge in [0, 0.05) is 5.02 Å². The van der Waals surface area contributed by atoms with E-state index in [2.05, 4.69) is 25.7 Å². The highest BCUT2D eigenvalue weighted by molar-refractivity contribution is 8.02. The van der Waals surface area contributed by atoms with Gasteiger partial charge in [-0.15, -0.1) is 15.3 Å². The van der Waals surface area contributed by atoms with Crippen LogP contribution < -0.4 is 0 Å². The average Bonchev–Trinajstić information content (AvgIpc) is 3.21. The smallest absolute Gasteiger partial charge is 0.196 e. The summed E-state index contributed by atoms with van der Waals surface area (Å²) in [6.07, 6.45) is -2.70. The van der Waals surface area contributed by atoms with Gasteiger partial charge in [-0.3, -0.25) is 0 Å². The Morgan fingerprint density at radius 3 is 2.64 bits per heavy atom. The third-order valence-corrected chi connectivity index (χ3v) is 6.18. The Kier molecular flexibility index (Phi) is 5.51. The molecule has 132 valence electrons. The number of nitrogens with zero attached hydrogens (tertiary/aromatic N) is 6. The van der Waals surface area contributed by atoms with E-state index >= 15 is 0 Å². The first-order chi connectivity index (χ1) is 11.9. The molecule has 3 aromatic rings. The highest BCUT2D eigenvalue weighted by Crippen LogP contribution is 2.36. The van der Waals surface area contributed by atoms with E-state index in [4.69, 9.17) is 11.6 Å². The first-order valence-corrected chi connectivity index (χ1v) is 9.93. The van der Waals surface area contributed by atoms with Gasteiger partial charge in [-0.05, 0) is 34.9 Å². The number of thioether (sulfide) groups is 2. The Morgan fingerprint density at radius 2 is 1.96 bits per heavy atom. The zero-order valence-electron chi connectivity index (χ0n) is 12.4. The molecule has 0 amide bonds. The van der Waals surface area contributed by atoms with Crippen molar-refractivity contribution in [2.75, 3.05) is 6.26 Å². The van der Waals surface area contributed by atoms with Gasteiger partial charge < -0.3 is 0 Å². The number of tetrazole rings is 1. The highest BCUT2D eigenvalue weighted by Gasteiger charge is 2.35. The second-order valence-electron chi connectivity index (χ2n) is 4.49. The van der Waals surface area contributed by atoms with Gasteiger partial charge in [0.2, 0.25) is 0 Å². The summed E-state index contributed by atoms with van der Waals surface area (Å²) in [7, 11) is 0. The van der Waals surface area contributed by atoms with Gasteiger partial charge in [-0.25, -0.2) is 0 Å². The monoisotopic (exact) mass is 424 g/mol. The third-order valence-electron chi connectivity index (χ3n) is 2.91. The van der Waals surface area contributed by atoms with Crippen LogP contribution in [0.4, 0.5) is 13.2 Å². The van der Waals surface area contributed by atoms with E-state index in [-0.39, 0.29) is 22.3 Å². The first-order valence-electron chi connectivity index (χ1n) is 6.53. The molecule has 13 heteroatoms. The number of hydrogen-bond donors (Lipinski definition) is 0. The van der Waals surface area contributed by atoms with E-state index in [0.717, 1.165) is 15.1 Å². The molecule has 6 nitrogen and oxygen atoms in total. The molecule has 2 aromatic heterocycles. The lowest BCUT2D eigenvalue weighted by Gasteiger charge is -2.13. The van der Waals surface area contributed by atoms with Crippen molar-refractivity contribution >= 4 is 46.5 Å². The van der Waals surface area contributed by atoms with Gasteiger partial charge in [0.1, 0.15) is 0 Å². The quantitative estimate of drug-likeness (QED) is 0.568. The minimum absolute atomic E-state index is 0.0153. The molecule has 0 spiro atoms. The summed E-state index contributed by atoms with van der Waals surface area (Å²) in [6.45, 7) is 0. The molecule has 25 heavy (non-hydrogen) atoms. The molecule has 0 bridgehead atoms. The molecule has 0 aliphatic carbocycles. The number of alkyl halides is 3. The van der Waals surface area contributed by atoms with Crippen LogP contribution in [0.15, 0.2) is 26.9 Å². The van der Waals surface area contributed by atoms with E-state index in [1.165, 1.54) is 47.0 Å². The highest BCUT2D eigenvalue weighted by atomic mass is 35.5. The van der Waals surface area contributed by atoms with Crippen molar-refractivity contribution in [3.8, 4) is 5.69 Å². The zero-order chi connectivity index (χ0) is 18.0. The van der Waals surface area contributed by atoms with Gasteiger partial charge in [-0.2, -0.15) is 17.9 Å². The lowest BCUT2D eigenvalue weighted by atomic mass is 10.1. The fourth-order valence-corrected chi connectivity index (χ4v) is 4.38. The van der Waals surface area contributed by atoms with Crippen LogP contribution in [0.2, 0.25) is 5.02 Å². The molecule has 0 saturated heterocycles. The number of aromatic nitrogens is 6. The van der Waals surface area contributed by atoms with Crippen molar-refractivity contribution in [2.24, 2.45) is 0 Å². The van der Waals surface area contributed by atoms with Gasteiger partial charge in [0.25, 0.3) is 0 Å². The van der Waals surface area contributed by atoms with E-state index in [0.29, 0.717) is 4.34 Å². The summed E-state index contributed by atoms with van der Waals surface area (Å²) in [4.78, 5) is 0. The molecule has 0 atom stereocenters.